The van der Waals surface area contributed by atoms with E-state index in [2.05, 4.69) is 15.2 Å². The van der Waals surface area contributed by atoms with Crippen molar-refractivity contribution in [2.45, 2.75) is 55.3 Å². The number of hydrogen-bond acceptors (Lipinski definition) is 5. The van der Waals surface area contributed by atoms with Gasteiger partial charge in [0, 0.05) is 34.3 Å². The molecule has 3 aromatic rings. The van der Waals surface area contributed by atoms with Gasteiger partial charge in [-0.25, -0.2) is 0 Å². The Kier molecular flexibility index (Phi) is 5.07. The largest absolute Gasteiger partial charge is 0.573 e. The van der Waals surface area contributed by atoms with Gasteiger partial charge >= 0.3 is 6.36 Å². The van der Waals surface area contributed by atoms with Gasteiger partial charge in [0.2, 0.25) is 0 Å². The molecule has 7 nitrogen and oxygen atoms in total. The molecule has 188 valence electrons. The molecule has 0 saturated heterocycles. The normalized spacial score (nSPS) is 28.2. The van der Waals surface area contributed by atoms with E-state index in [0.29, 0.717) is 35.6 Å². The van der Waals surface area contributed by atoms with Gasteiger partial charge in [0.25, 0.3) is 5.91 Å². The minimum atomic E-state index is -4.73. The van der Waals surface area contributed by atoms with Crippen molar-refractivity contribution in [3.63, 3.8) is 0 Å². The Morgan fingerprint density at radius 1 is 1.17 bits per heavy atom. The number of ether oxygens (including phenoxy) is 2. The zero-order valence-corrected chi connectivity index (χ0v) is 19.5. The monoisotopic (exact) mass is 519 g/mol. The van der Waals surface area contributed by atoms with Gasteiger partial charge in [-0.3, -0.25) is 9.48 Å². The number of aliphatic hydroxyl groups is 1. The summed E-state index contributed by atoms with van der Waals surface area (Å²) in [5.41, 5.74) is 1.56. The lowest BCUT2D eigenvalue weighted by molar-refractivity contribution is -0.274. The first-order chi connectivity index (χ1) is 17.0. The highest BCUT2D eigenvalue weighted by Gasteiger charge is 2.70. The zero-order chi connectivity index (χ0) is 25.3. The van der Waals surface area contributed by atoms with Crippen LogP contribution in [0.4, 0.5) is 13.2 Å². The average Bonchev–Trinajstić information content (AvgIpc) is 3.24. The number of halogens is 4. The Labute approximate surface area is 208 Å². The Balaban J connectivity index is 1.07. The third-order valence-corrected chi connectivity index (χ3v) is 7.45. The average molecular weight is 520 g/mol. The van der Waals surface area contributed by atoms with Gasteiger partial charge in [-0.1, -0.05) is 23.7 Å². The SMILES string of the molecule is O=C(NC12CC(n3cc(-c4ccc(OC(F)(F)F)cc4)cn3)(C1)C2)[C@H]1C[C@@H](O)c2cc(Cl)ccc2O1. The number of rotatable bonds is 5. The van der Waals surface area contributed by atoms with E-state index in [1.165, 1.54) is 12.1 Å². The van der Waals surface area contributed by atoms with Crippen LogP contribution in [-0.2, 0) is 10.3 Å². The molecular weight excluding hydrogens is 499 g/mol. The van der Waals surface area contributed by atoms with Crippen molar-refractivity contribution < 1.29 is 32.5 Å². The fourth-order valence-corrected chi connectivity index (χ4v) is 5.79. The van der Waals surface area contributed by atoms with Gasteiger partial charge in [0.1, 0.15) is 11.5 Å². The molecule has 36 heavy (non-hydrogen) atoms. The quantitative estimate of drug-likeness (QED) is 0.509. The maximum absolute atomic E-state index is 12.9. The van der Waals surface area contributed by atoms with Crippen LogP contribution in [0.2, 0.25) is 5.02 Å². The molecule has 2 aromatic carbocycles. The maximum Gasteiger partial charge on any atom is 0.573 e. The number of hydrogen-bond donors (Lipinski definition) is 2. The second-order valence-corrected chi connectivity index (χ2v) is 10.2. The summed E-state index contributed by atoms with van der Waals surface area (Å²) in [6.45, 7) is 0. The number of carbonyl (C=O) groups is 1. The Bertz CT molecular complexity index is 1320. The fraction of sp³-hybridized carbons (Fsp3) is 0.360. The molecule has 2 bridgehead atoms. The summed E-state index contributed by atoms with van der Waals surface area (Å²) >= 11 is 5.99. The first-order valence-electron chi connectivity index (χ1n) is 11.4. The van der Waals surface area contributed by atoms with Crippen molar-refractivity contribution in [1.29, 1.82) is 0 Å². The molecule has 1 aromatic heterocycles. The summed E-state index contributed by atoms with van der Waals surface area (Å²) in [6, 6.07) is 10.6. The van der Waals surface area contributed by atoms with Crippen LogP contribution in [0.1, 0.15) is 37.4 Å². The molecule has 2 atom stereocenters. The zero-order valence-electron chi connectivity index (χ0n) is 18.8. The molecule has 0 spiro atoms. The van der Waals surface area contributed by atoms with Crippen LogP contribution in [0, 0.1) is 0 Å². The number of amides is 1. The molecule has 3 fully saturated rings. The van der Waals surface area contributed by atoms with E-state index in [-0.39, 0.29) is 29.2 Å². The van der Waals surface area contributed by atoms with Crippen LogP contribution in [0.25, 0.3) is 11.1 Å². The molecule has 1 aliphatic heterocycles. The first-order valence-corrected chi connectivity index (χ1v) is 11.8. The molecule has 2 N–H and O–H groups in total. The standard InChI is InChI=1S/C25H21ClF3N3O4/c26-16-3-6-20-18(7-16)19(33)8-21(35-20)22(34)31-23-11-24(12-23,13-23)32-10-15(9-30-32)14-1-4-17(5-2-14)36-25(27,28)29/h1-7,9-10,19,21,33H,8,11-13H2,(H,31,34)/t19-,21-,23?,24?/m1/s1. The summed E-state index contributed by atoms with van der Waals surface area (Å²) in [5.74, 6) is -0.0859. The molecular formula is C25H21ClF3N3O4. The van der Waals surface area contributed by atoms with Crippen LogP contribution in [-0.4, -0.2) is 38.8 Å². The summed E-state index contributed by atoms with van der Waals surface area (Å²) in [7, 11) is 0. The van der Waals surface area contributed by atoms with Crippen molar-refractivity contribution in [3.8, 4) is 22.6 Å². The van der Waals surface area contributed by atoms with E-state index in [0.717, 1.165) is 11.1 Å². The van der Waals surface area contributed by atoms with Gasteiger partial charge < -0.3 is 19.9 Å². The third-order valence-electron chi connectivity index (χ3n) is 7.21. The van der Waals surface area contributed by atoms with Crippen LogP contribution < -0.4 is 14.8 Å². The van der Waals surface area contributed by atoms with Crippen molar-refractivity contribution in [1.82, 2.24) is 15.1 Å². The van der Waals surface area contributed by atoms with E-state index in [4.69, 9.17) is 16.3 Å². The predicted octanol–water partition coefficient (Wildman–Crippen LogP) is 4.73. The summed E-state index contributed by atoms with van der Waals surface area (Å²) in [5, 5.41) is 18.5. The van der Waals surface area contributed by atoms with Gasteiger partial charge in [-0.2, -0.15) is 5.10 Å². The molecule has 1 amide bonds. The van der Waals surface area contributed by atoms with Crippen molar-refractivity contribution in [3.05, 3.63) is 65.4 Å². The molecule has 7 rings (SSSR count). The number of alkyl halides is 3. The number of benzene rings is 2. The number of carbonyl (C=O) groups excluding carboxylic acids is 1. The van der Waals surface area contributed by atoms with E-state index in [9.17, 15) is 23.1 Å². The van der Waals surface area contributed by atoms with E-state index < -0.39 is 18.6 Å². The number of aromatic nitrogens is 2. The highest BCUT2D eigenvalue weighted by atomic mass is 35.5. The first kappa shape index (κ1) is 23.2. The molecule has 0 unspecified atom stereocenters. The van der Waals surface area contributed by atoms with E-state index in [1.807, 2.05) is 10.9 Å². The predicted molar refractivity (Wildman–Crippen MR) is 122 cm³/mol. The van der Waals surface area contributed by atoms with Gasteiger partial charge in [-0.05, 0) is 55.2 Å². The third kappa shape index (κ3) is 3.98. The highest BCUT2D eigenvalue weighted by molar-refractivity contribution is 6.30. The Morgan fingerprint density at radius 2 is 1.89 bits per heavy atom. The highest BCUT2D eigenvalue weighted by Crippen LogP contribution is 2.65. The van der Waals surface area contributed by atoms with E-state index >= 15 is 0 Å². The van der Waals surface area contributed by atoms with Crippen molar-refractivity contribution in [2.75, 3.05) is 0 Å². The lowest BCUT2D eigenvalue weighted by Crippen LogP contribution is -2.79. The van der Waals surface area contributed by atoms with Crippen molar-refractivity contribution >= 4 is 17.5 Å². The van der Waals surface area contributed by atoms with Crippen molar-refractivity contribution in [2.24, 2.45) is 0 Å². The molecule has 3 aliphatic carbocycles. The molecule has 2 heterocycles. The summed E-state index contributed by atoms with van der Waals surface area (Å²) in [4.78, 5) is 12.9. The number of nitrogens with one attached hydrogen (secondary N) is 1. The number of nitrogens with zero attached hydrogens (tertiary/aromatic N) is 2. The molecule has 11 heteroatoms. The Morgan fingerprint density at radius 3 is 2.58 bits per heavy atom. The van der Waals surface area contributed by atoms with E-state index in [1.54, 1.807) is 36.5 Å². The molecule has 3 saturated carbocycles. The summed E-state index contributed by atoms with van der Waals surface area (Å²) in [6.07, 6.45) is -0.524. The minimum Gasteiger partial charge on any atom is -0.480 e. The molecule has 4 aliphatic rings. The van der Waals surface area contributed by atoms with Crippen LogP contribution in [0.5, 0.6) is 11.5 Å². The fourth-order valence-electron chi connectivity index (χ4n) is 5.61. The number of aliphatic hydroxyl groups excluding tert-OH is 1. The molecule has 0 radical (unpaired) electrons. The minimum absolute atomic E-state index is 0.149. The van der Waals surface area contributed by atoms with Gasteiger partial charge in [-0.15, -0.1) is 13.2 Å². The summed E-state index contributed by atoms with van der Waals surface area (Å²) < 4.78 is 48.7. The van der Waals surface area contributed by atoms with Crippen LogP contribution >= 0.6 is 11.6 Å². The maximum atomic E-state index is 12.9. The lowest BCUT2D eigenvalue weighted by atomic mass is 9.44. The van der Waals surface area contributed by atoms with Crippen LogP contribution in [0.15, 0.2) is 54.9 Å². The van der Waals surface area contributed by atoms with Gasteiger partial charge in [0.05, 0.1) is 17.8 Å². The second kappa shape index (κ2) is 7.88. The van der Waals surface area contributed by atoms with Crippen LogP contribution in [0.3, 0.4) is 0 Å². The second-order valence-electron chi connectivity index (χ2n) is 9.81. The smallest absolute Gasteiger partial charge is 0.480 e. The Hall–Kier alpha value is -3.24. The van der Waals surface area contributed by atoms with Gasteiger partial charge in [0.15, 0.2) is 6.10 Å². The number of fused-ring (bicyclic) bond motifs is 1. The lowest BCUT2D eigenvalue weighted by Gasteiger charge is -2.70. The topological polar surface area (TPSA) is 85.6 Å².